The predicted molar refractivity (Wildman–Crippen MR) is 309 cm³/mol. The number of fused-ring (bicyclic) bond motifs is 6. The molecule has 0 aliphatic carbocycles. The van der Waals surface area contributed by atoms with Crippen molar-refractivity contribution in [2.75, 3.05) is 0 Å². The summed E-state index contributed by atoms with van der Waals surface area (Å²) in [7, 11) is 0. The van der Waals surface area contributed by atoms with Crippen LogP contribution < -0.4 is 0 Å². The van der Waals surface area contributed by atoms with Gasteiger partial charge in [-0.25, -0.2) is 0 Å². The second kappa shape index (κ2) is 17.6. The number of para-hydroxylation sites is 4. The molecule has 0 bridgehead atoms. The van der Waals surface area contributed by atoms with E-state index in [2.05, 4.69) is 276 Å². The van der Waals surface area contributed by atoms with E-state index in [1.165, 1.54) is 130 Å². The van der Waals surface area contributed by atoms with Gasteiger partial charge in [0.1, 0.15) is 0 Å². The molecule has 4 aromatic heterocycles. The lowest BCUT2D eigenvalue weighted by Gasteiger charge is -2.14. The molecule has 0 saturated carbocycles. The number of nitrogens with zero attached hydrogens (tertiary/aromatic N) is 2. The second-order valence-electron chi connectivity index (χ2n) is 18.4. The van der Waals surface area contributed by atoms with Crippen LogP contribution in [-0.2, 0) is 0 Å². The third kappa shape index (κ3) is 7.23. The lowest BCUT2D eigenvalue weighted by atomic mass is 10.0. The maximum absolute atomic E-state index is 2.43. The van der Waals surface area contributed by atoms with Gasteiger partial charge in [0.05, 0.1) is 33.4 Å². The van der Waals surface area contributed by atoms with Gasteiger partial charge in [0.2, 0.25) is 0 Å². The third-order valence-corrected chi connectivity index (χ3v) is 16.7. The van der Waals surface area contributed by atoms with Crippen molar-refractivity contribution in [3.05, 3.63) is 267 Å². The summed E-state index contributed by atoms with van der Waals surface area (Å²) in [6.45, 7) is 0. The summed E-state index contributed by atoms with van der Waals surface area (Å²) < 4.78 is 4.85. The van der Waals surface area contributed by atoms with E-state index in [0.717, 1.165) is 0 Å². The molecule has 0 saturated heterocycles. The molecule has 72 heavy (non-hydrogen) atoms. The summed E-state index contributed by atoms with van der Waals surface area (Å²) >= 11 is 3.72. The van der Waals surface area contributed by atoms with E-state index >= 15 is 0 Å². The molecule has 0 atom stereocenters. The quantitative estimate of drug-likeness (QED) is 0.136. The average Bonchev–Trinajstić information content (AvgIpc) is 4.28. The molecular weight excluding hydrogens is 909 g/mol. The number of rotatable bonds is 9. The van der Waals surface area contributed by atoms with Crippen LogP contribution in [0, 0.1) is 0 Å². The highest BCUT2D eigenvalue weighted by molar-refractivity contribution is 7.25. The van der Waals surface area contributed by atoms with Crippen LogP contribution in [0.15, 0.2) is 267 Å². The Balaban J connectivity index is 0.713. The molecule has 0 unspecified atom stereocenters. The molecule has 0 amide bonds. The second-order valence-corrected chi connectivity index (χ2v) is 20.6. The monoisotopic (exact) mass is 952 g/mol. The van der Waals surface area contributed by atoms with Crippen LogP contribution in [0.5, 0.6) is 0 Å². The lowest BCUT2D eigenvalue weighted by Crippen LogP contribution is -1.96. The minimum atomic E-state index is 1.18. The fourth-order valence-corrected chi connectivity index (χ4v) is 12.9. The summed E-state index contributed by atoms with van der Waals surface area (Å²) in [6.07, 6.45) is 0. The molecule has 0 aliphatic rings. The molecule has 0 aliphatic heterocycles. The maximum Gasteiger partial charge on any atom is 0.0541 e. The van der Waals surface area contributed by atoms with Crippen molar-refractivity contribution in [1.82, 2.24) is 9.13 Å². The van der Waals surface area contributed by atoms with Gasteiger partial charge in [-0.2, -0.15) is 0 Å². The minimum absolute atomic E-state index is 1.18. The van der Waals surface area contributed by atoms with Gasteiger partial charge < -0.3 is 9.13 Å². The summed E-state index contributed by atoms with van der Waals surface area (Å²) in [5, 5.41) is 5.02. The SMILES string of the molecule is c1ccc(-c2ccccc2-n2c3ccccc3c3cc(-c4ccc(-c5ccc(-c6ccc(-c7ccc(-c8ccc9c(c8)c8ccccc8n9-c8ccccc8-c8ccccc8)cc7)s6)s5)cc4)ccc32)cc1. The molecule has 338 valence electrons. The van der Waals surface area contributed by atoms with Crippen LogP contribution in [0.1, 0.15) is 0 Å². The number of aromatic nitrogens is 2. The maximum atomic E-state index is 2.43. The summed E-state index contributed by atoms with van der Waals surface area (Å²) in [5.41, 5.74) is 19.4. The molecule has 0 spiro atoms. The van der Waals surface area contributed by atoms with E-state index in [0.29, 0.717) is 0 Å². The normalized spacial score (nSPS) is 11.6. The van der Waals surface area contributed by atoms with E-state index in [4.69, 9.17) is 0 Å². The van der Waals surface area contributed by atoms with Gasteiger partial charge in [-0.15, -0.1) is 22.7 Å². The Morgan fingerprint density at radius 1 is 0.208 bits per heavy atom. The van der Waals surface area contributed by atoms with Crippen molar-refractivity contribution < 1.29 is 0 Å². The Bertz CT molecular complexity index is 4020. The van der Waals surface area contributed by atoms with Gasteiger partial charge in [-0.05, 0) is 117 Å². The zero-order valence-electron chi connectivity index (χ0n) is 39.1. The molecule has 2 nitrogen and oxygen atoms in total. The van der Waals surface area contributed by atoms with Crippen LogP contribution in [-0.4, -0.2) is 9.13 Å². The fourth-order valence-electron chi connectivity index (χ4n) is 10.8. The Hall–Kier alpha value is -8.80. The molecule has 0 fully saturated rings. The highest BCUT2D eigenvalue weighted by atomic mass is 32.1. The lowest BCUT2D eigenvalue weighted by molar-refractivity contribution is 1.18. The molecule has 0 N–H and O–H groups in total. The topological polar surface area (TPSA) is 9.86 Å². The van der Waals surface area contributed by atoms with Crippen molar-refractivity contribution in [3.63, 3.8) is 0 Å². The number of thiophene rings is 2. The predicted octanol–water partition coefficient (Wildman–Crippen LogP) is 19.7. The van der Waals surface area contributed by atoms with Gasteiger partial charge in [0.15, 0.2) is 0 Å². The van der Waals surface area contributed by atoms with Crippen LogP contribution >= 0.6 is 22.7 Å². The van der Waals surface area contributed by atoms with Crippen molar-refractivity contribution >= 4 is 66.3 Å². The Kier molecular flexibility index (Phi) is 10.3. The number of hydrogen-bond donors (Lipinski definition) is 0. The van der Waals surface area contributed by atoms with E-state index in [1.807, 2.05) is 22.7 Å². The molecule has 0 radical (unpaired) electrons. The van der Waals surface area contributed by atoms with E-state index in [1.54, 1.807) is 0 Å². The molecule has 4 heteroatoms. The van der Waals surface area contributed by atoms with Crippen molar-refractivity contribution in [3.8, 4) is 86.5 Å². The zero-order chi connectivity index (χ0) is 47.5. The van der Waals surface area contributed by atoms with Crippen molar-refractivity contribution in [2.45, 2.75) is 0 Å². The Morgan fingerprint density at radius 3 is 0.986 bits per heavy atom. The van der Waals surface area contributed by atoms with Gasteiger partial charge >= 0.3 is 0 Å². The Morgan fingerprint density at radius 2 is 0.542 bits per heavy atom. The van der Waals surface area contributed by atoms with E-state index < -0.39 is 0 Å². The average molecular weight is 953 g/mol. The van der Waals surface area contributed by atoms with Crippen LogP contribution in [0.2, 0.25) is 0 Å². The summed E-state index contributed by atoms with van der Waals surface area (Å²) in [5.74, 6) is 0. The first-order valence-electron chi connectivity index (χ1n) is 24.5. The smallest absolute Gasteiger partial charge is 0.0541 e. The first-order valence-corrected chi connectivity index (χ1v) is 26.1. The Labute approximate surface area is 426 Å². The number of hydrogen-bond acceptors (Lipinski definition) is 2. The summed E-state index contributed by atoms with van der Waals surface area (Å²) in [4.78, 5) is 5.12. The van der Waals surface area contributed by atoms with Crippen molar-refractivity contribution in [1.29, 1.82) is 0 Å². The zero-order valence-corrected chi connectivity index (χ0v) is 40.7. The first kappa shape index (κ1) is 42.1. The van der Waals surface area contributed by atoms with Gasteiger partial charge in [-0.1, -0.05) is 194 Å². The van der Waals surface area contributed by atoms with Crippen molar-refractivity contribution in [2.24, 2.45) is 0 Å². The van der Waals surface area contributed by atoms with Crippen LogP contribution in [0.4, 0.5) is 0 Å². The van der Waals surface area contributed by atoms with E-state index in [-0.39, 0.29) is 0 Å². The van der Waals surface area contributed by atoms with Gasteiger partial charge in [0, 0.05) is 52.2 Å². The van der Waals surface area contributed by atoms with E-state index in [9.17, 15) is 0 Å². The minimum Gasteiger partial charge on any atom is -0.309 e. The highest BCUT2D eigenvalue weighted by Crippen LogP contribution is 2.43. The number of benzene rings is 10. The molecular formula is C68H44N2S2. The molecule has 14 rings (SSSR count). The standard InChI is InChI=1S/C68H44N2S2/c1-3-15-47(16-4-1)53-19-7-11-23-59(53)69-61-25-13-9-21-55(61)57-43-51(35-37-63(57)69)45-27-31-49(32-28-45)65-39-41-67(71-65)68-42-40-66(72-68)50-33-29-46(30-34-50)52-36-38-64-58(44-52)56-22-10-14-26-62(56)70(64)60-24-12-8-20-54(60)48-17-5-2-6-18-48/h1-44H. The largest absolute Gasteiger partial charge is 0.309 e. The molecule has 14 aromatic rings. The molecule has 10 aromatic carbocycles. The molecule has 4 heterocycles. The van der Waals surface area contributed by atoms with Gasteiger partial charge in [-0.3, -0.25) is 0 Å². The fraction of sp³-hybridized carbons (Fsp3) is 0. The van der Waals surface area contributed by atoms with Crippen LogP contribution in [0.25, 0.3) is 130 Å². The van der Waals surface area contributed by atoms with Gasteiger partial charge in [0.25, 0.3) is 0 Å². The highest BCUT2D eigenvalue weighted by Gasteiger charge is 2.19. The summed E-state index contributed by atoms with van der Waals surface area (Å²) in [6, 6.07) is 97.6. The first-order chi connectivity index (χ1) is 35.7. The van der Waals surface area contributed by atoms with Crippen LogP contribution in [0.3, 0.4) is 0 Å². The third-order valence-electron chi connectivity index (χ3n) is 14.3.